The van der Waals surface area contributed by atoms with Gasteiger partial charge >= 0.3 is 5.97 Å². The summed E-state index contributed by atoms with van der Waals surface area (Å²) in [5.74, 6) is -1.03. The van der Waals surface area contributed by atoms with Gasteiger partial charge in [0.15, 0.2) is 6.10 Å². The highest BCUT2D eigenvalue weighted by atomic mass is 16.5. The van der Waals surface area contributed by atoms with Crippen molar-refractivity contribution in [2.75, 3.05) is 12.4 Å². The minimum atomic E-state index is -0.957. The second-order valence-corrected chi connectivity index (χ2v) is 5.36. The molecule has 2 aromatic carbocycles. The fourth-order valence-electron chi connectivity index (χ4n) is 2.06. The minimum absolute atomic E-state index is 0.359. The number of nitriles is 1. The van der Waals surface area contributed by atoms with Crippen molar-refractivity contribution in [3.8, 4) is 6.07 Å². The molecular weight excluding hydrogens is 320 g/mol. The van der Waals surface area contributed by atoms with E-state index in [1.807, 2.05) is 6.07 Å². The molecule has 0 fully saturated rings. The number of benzene rings is 2. The molecule has 0 bridgehead atoms. The Balaban J connectivity index is 1.93. The van der Waals surface area contributed by atoms with Gasteiger partial charge in [-0.25, -0.2) is 4.79 Å². The van der Waals surface area contributed by atoms with Gasteiger partial charge in [-0.15, -0.1) is 0 Å². The third-order valence-electron chi connectivity index (χ3n) is 3.44. The lowest BCUT2D eigenvalue weighted by Crippen LogP contribution is -2.30. The summed E-state index contributed by atoms with van der Waals surface area (Å²) in [6.07, 6.45) is -0.957. The molecule has 0 aromatic heterocycles. The quantitative estimate of drug-likeness (QED) is 0.818. The molecule has 0 heterocycles. The first-order valence-electron chi connectivity index (χ1n) is 7.63. The van der Waals surface area contributed by atoms with Gasteiger partial charge < -0.3 is 14.8 Å². The van der Waals surface area contributed by atoms with Crippen LogP contribution < -0.4 is 5.32 Å². The molecule has 0 unspecified atom stereocenters. The zero-order valence-electron chi connectivity index (χ0n) is 14.0. The van der Waals surface area contributed by atoms with Crippen LogP contribution in [0.25, 0.3) is 0 Å². The third-order valence-corrected chi connectivity index (χ3v) is 3.44. The van der Waals surface area contributed by atoms with E-state index in [0.29, 0.717) is 23.4 Å². The molecule has 0 aliphatic carbocycles. The lowest BCUT2D eigenvalue weighted by molar-refractivity contribution is -0.123. The Morgan fingerprint density at radius 1 is 1.12 bits per heavy atom. The van der Waals surface area contributed by atoms with Crippen LogP contribution in [-0.2, 0) is 20.9 Å². The maximum atomic E-state index is 12.1. The van der Waals surface area contributed by atoms with Crippen molar-refractivity contribution in [1.82, 2.24) is 0 Å². The Bertz CT molecular complexity index is 777. The number of methoxy groups -OCH3 is 1. The lowest BCUT2D eigenvalue weighted by Gasteiger charge is -2.13. The molecule has 6 heteroatoms. The number of rotatable bonds is 6. The van der Waals surface area contributed by atoms with E-state index in [1.165, 1.54) is 6.92 Å². The maximum absolute atomic E-state index is 12.1. The van der Waals surface area contributed by atoms with Crippen LogP contribution in [-0.4, -0.2) is 25.1 Å². The van der Waals surface area contributed by atoms with E-state index in [2.05, 4.69) is 5.32 Å². The average Bonchev–Trinajstić information content (AvgIpc) is 2.63. The van der Waals surface area contributed by atoms with E-state index in [4.69, 9.17) is 14.7 Å². The molecule has 25 heavy (non-hydrogen) atoms. The Labute approximate surface area is 146 Å². The summed E-state index contributed by atoms with van der Waals surface area (Å²) in [7, 11) is 1.59. The smallest absolute Gasteiger partial charge is 0.338 e. The molecule has 0 saturated carbocycles. The van der Waals surface area contributed by atoms with Crippen LogP contribution in [0.1, 0.15) is 28.4 Å². The molecule has 0 aliphatic rings. The van der Waals surface area contributed by atoms with Crippen molar-refractivity contribution in [3.63, 3.8) is 0 Å². The first kappa shape index (κ1) is 18.2. The standard InChI is InChI=1S/C19H18N2O4/c1-13(18(22)21-17-9-5-14(11-20)6-10-17)25-19(23)16-7-3-15(4-8-16)12-24-2/h3-10,13H,12H2,1-2H3,(H,21,22)/t13-/m0/s1. The number of hydrogen-bond acceptors (Lipinski definition) is 5. The van der Waals surface area contributed by atoms with E-state index >= 15 is 0 Å². The molecule has 128 valence electrons. The van der Waals surface area contributed by atoms with Gasteiger partial charge in [-0.05, 0) is 48.9 Å². The Kier molecular flexibility index (Phi) is 6.26. The second-order valence-electron chi connectivity index (χ2n) is 5.36. The number of carbonyl (C=O) groups excluding carboxylic acids is 2. The van der Waals surface area contributed by atoms with Gasteiger partial charge in [-0.1, -0.05) is 12.1 Å². The fraction of sp³-hybridized carbons (Fsp3) is 0.211. The van der Waals surface area contributed by atoms with Crippen LogP contribution in [0.3, 0.4) is 0 Å². The van der Waals surface area contributed by atoms with Crippen LogP contribution in [0.2, 0.25) is 0 Å². The SMILES string of the molecule is COCc1ccc(C(=O)O[C@@H](C)C(=O)Nc2ccc(C#N)cc2)cc1. The van der Waals surface area contributed by atoms with Gasteiger partial charge in [-0.3, -0.25) is 4.79 Å². The second kappa shape index (κ2) is 8.62. The van der Waals surface area contributed by atoms with Crippen LogP contribution in [0, 0.1) is 11.3 Å². The van der Waals surface area contributed by atoms with E-state index in [1.54, 1.807) is 55.6 Å². The first-order chi connectivity index (χ1) is 12.0. The van der Waals surface area contributed by atoms with Gasteiger partial charge in [-0.2, -0.15) is 5.26 Å². The van der Waals surface area contributed by atoms with Gasteiger partial charge in [0.2, 0.25) is 0 Å². The third kappa shape index (κ3) is 5.16. The van der Waals surface area contributed by atoms with Crippen molar-refractivity contribution in [2.45, 2.75) is 19.6 Å². The molecule has 2 aromatic rings. The highest BCUT2D eigenvalue weighted by Crippen LogP contribution is 2.11. The molecule has 0 saturated heterocycles. The Hall–Kier alpha value is -3.17. The summed E-state index contributed by atoms with van der Waals surface area (Å²) < 4.78 is 10.2. The molecular formula is C19H18N2O4. The van der Waals surface area contributed by atoms with Crippen molar-refractivity contribution < 1.29 is 19.1 Å². The summed E-state index contributed by atoms with van der Waals surface area (Å²) in [5.41, 5.74) is 2.31. The molecule has 0 spiro atoms. The normalized spacial score (nSPS) is 11.2. The molecule has 1 N–H and O–H groups in total. The number of anilines is 1. The zero-order chi connectivity index (χ0) is 18.2. The first-order valence-corrected chi connectivity index (χ1v) is 7.63. The van der Waals surface area contributed by atoms with Gasteiger partial charge in [0.05, 0.1) is 23.8 Å². The number of hydrogen-bond donors (Lipinski definition) is 1. The van der Waals surface area contributed by atoms with Crippen LogP contribution in [0.4, 0.5) is 5.69 Å². The van der Waals surface area contributed by atoms with Crippen molar-refractivity contribution >= 4 is 17.6 Å². The van der Waals surface area contributed by atoms with Crippen molar-refractivity contribution in [2.24, 2.45) is 0 Å². The molecule has 0 radical (unpaired) electrons. The lowest BCUT2D eigenvalue weighted by atomic mass is 10.1. The maximum Gasteiger partial charge on any atom is 0.338 e. The number of nitrogens with zero attached hydrogens (tertiary/aromatic N) is 1. The Morgan fingerprint density at radius 2 is 1.76 bits per heavy atom. The number of ether oxygens (including phenoxy) is 2. The zero-order valence-corrected chi connectivity index (χ0v) is 14.0. The van der Waals surface area contributed by atoms with E-state index in [0.717, 1.165) is 5.56 Å². The molecule has 2 rings (SSSR count). The largest absolute Gasteiger partial charge is 0.449 e. The fourth-order valence-corrected chi connectivity index (χ4v) is 2.06. The van der Waals surface area contributed by atoms with Crippen LogP contribution in [0.5, 0.6) is 0 Å². The highest BCUT2D eigenvalue weighted by molar-refractivity contribution is 5.97. The summed E-state index contributed by atoms with van der Waals surface area (Å²) >= 11 is 0. The average molecular weight is 338 g/mol. The molecule has 6 nitrogen and oxygen atoms in total. The monoisotopic (exact) mass is 338 g/mol. The summed E-state index contributed by atoms with van der Waals surface area (Å²) in [6, 6.07) is 15.2. The van der Waals surface area contributed by atoms with E-state index < -0.39 is 18.0 Å². The number of esters is 1. The van der Waals surface area contributed by atoms with E-state index in [-0.39, 0.29) is 0 Å². The number of nitrogens with one attached hydrogen (secondary N) is 1. The summed E-state index contributed by atoms with van der Waals surface area (Å²) in [6.45, 7) is 1.95. The predicted molar refractivity (Wildman–Crippen MR) is 91.8 cm³/mol. The van der Waals surface area contributed by atoms with Crippen molar-refractivity contribution in [1.29, 1.82) is 5.26 Å². The summed E-state index contributed by atoms with van der Waals surface area (Å²) in [5, 5.41) is 11.4. The van der Waals surface area contributed by atoms with E-state index in [9.17, 15) is 9.59 Å². The number of carbonyl (C=O) groups is 2. The van der Waals surface area contributed by atoms with Gasteiger partial charge in [0.25, 0.3) is 5.91 Å². The van der Waals surface area contributed by atoms with Crippen molar-refractivity contribution in [3.05, 3.63) is 65.2 Å². The highest BCUT2D eigenvalue weighted by Gasteiger charge is 2.19. The minimum Gasteiger partial charge on any atom is -0.449 e. The number of amides is 1. The Morgan fingerprint density at radius 3 is 2.32 bits per heavy atom. The predicted octanol–water partition coefficient (Wildman–Crippen LogP) is 2.89. The van der Waals surface area contributed by atoms with Crippen LogP contribution in [0.15, 0.2) is 48.5 Å². The molecule has 1 atom stereocenters. The molecule has 0 aliphatic heterocycles. The van der Waals surface area contributed by atoms with Gasteiger partial charge in [0.1, 0.15) is 0 Å². The summed E-state index contributed by atoms with van der Waals surface area (Å²) in [4.78, 5) is 24.2. The molecule has 1 amide bonds. The van der Waals surface area contributed by atoms with Gasteiger partial charge in [0, 0.05) is 12.8 Å². The topological polar surface area (TPSA) is 88.4 Å². The van der Waals surface area contributed by atoms with Crippen LogP contribution >= 0.6 is 0 Å².